The normalized spacial score (nSPS) is 14.1. The van der Waals surface area contributed by atoms with Gasteiger partial charge in [0.25, 0.3) is 11.8 Å². The van der Waals surface area contributed by atoms with Crippen LogP contribution in [-0.4, -0.2) is 16.7 Å². The third kappa shape index (κ3) is 2.28. The van der Waals surface area contributed by atoms with Crippen LogP contribution in [0.4, 0.5) is 0 Å². The van der Waals surface area contributed by atoms with Crippen molar-refractivity contribution in [2.24, 2.45) is 0 Å². The average molecular weight is 401 g/mol. The van der Waals surface area contributed by atoms with Crippen LogP contribution in [0.15, 0.2) is 38.6 Å². The third-order valence-corrected chi connectivity index (χ3v) is 5.04. The monoisotopic (exact) mass is 399 g/mol. The number of imide groups is 1. The van der Waals surface area contributed by atoms with E-state index in [9.17, 15) is 9.59 Å². The topological polar surface area (TPSA) is 37.4 Å². The number of hydrogen-bond donors (Lipinski definition) is 0. The Bertz CT molecular complexity index is 696. The van der Waals surface area contributed by atoms with Crippen molar-refractivity contribution in [2.75, 3.05) is 0 Å². The molecule has 0 spiro atoms. The van der Waals surface area contributed by atoms with E-state index in [4.69, 9.17) is 0 Å². The molecule has 2 amide bonds. The van der Waals surface area contributed by atoms with Crippen molar-refractivity contribution in [3.63, 3.8) is 0 Å². The second-order valence-corrected chi connectivity index (χ2v) is 6.94. The number of thiophene rings is 1. The van der Waals surface area contributed by atoms with E-state index in [-0.39, 0.29) is 11.8 Å². The summed E-state index contributed by atoms with van der Waals surface area (Å²) >= 11 is 8.20. The fraction of sp³-hybridized carbons (Fsp3) is 0.0769. The summed E-state index contributed by atoms with van der Waals surface area (Å²) < 4.78 is 1.76. The molecule has 0 atom stereocenters. The molecule has 0 fully saturated rings. The Morgan fingerprint density at radius 2 is 1.74 bits per heavy atom. The number of amides is 2. The van der Waals surface area contributed by atoms with Crippen molar-refractivity contribution >= 4 is 55.0 Å². The van der Waals surface area contributed by atoms with Gasteiger partial charge >= 0.3 is 0 Å². The van der Waals surface area contributed by atoms with Gasteiger partial charge in [0.15, 0.2) is 0 Å². The Labute approximate surface area is 130 Å². The maximum atomic E-state index is 12.2. The van der Waals surface area contributed by atoms with Crippen molar-refractivity contribution in [3.8, 4) is 0 Å². The molecule has 2 heterocycles. The summed E-state index contributed by atoms with van der Waals surface area (Å²) in [6, 6.07) is 7.07. The third-order valence-electron chi connectivity index (χ3n) is 2.87. The highest BCUT2D eigenvalue weighted by atomic mass is 79.9. The van der Waals surface area contributed by atoms with E-state index in [0.29, 0.717) is 17.7 Å². The summed E-state index contributed by atoms with van der Waals surface area (Å²) in [6.45, 7) is 0.320. The van der Waals surface area contributed by atoms with Gasteiger partial charge in [0.2, 0.25) is 0 Å². The van der Waals surface area contributed by atoms with Gasteiger partial charge in [-0.1, -0.05) is 15.9 Å². The molecule has 0 unspecified atom stereocenters. The van der Waals surface area contributed by atoms with E-state index in [1.54, 1.807) is 18.2 Å². The number of carbonyl (C=O) groups is 2. The van der Waals surface area contributed by atoms with E-state index < -0.39 is 0 Å². The molecule has 96 valence electrons. The highest BCUT2D eigenvalue weighted by molar-refractivity contribution is 9.10. The average Bonchev–Trinajstić information content (AvgIpc) is 2.88. The summed E-state index contributed by atoms with van der Waals surface area (Å²) in [5.74, 6) is -0.456. The zero-order valence-corrected chi connectivity index (χ0v) is 13.5. The fourth-order valence-electron chi connectivity index (χ4n) is 2.00. The van der Waals surface area contributed by atoms with E-state index in [1.807, 2.05) is 11.4 Å². The van der Waals surface area contributed by atoms with Gasteiger partial charge in [-0.15, -0.1) is 11.3 Å². The minimum atomic E-state index is -0.231. The van der Waals surface area contributed by atoms with Gasteiger partial charge in [-0.2, -0.15) is 0 Å². The van der Waals surface area contributed by atoms with Gasteiger partial charge < -0.3 is 0 Å². The molecule has 0 N–H and O–H groups in total. The lowest BCUT2D eigenvalue weighted by Gasteiger charge is -2.11. The second-order valence-electron chi connectivity index (χ2n) is 4.12. The van der Waals surface area contributed by atoms with E-state index >= 15 is 0 Å². The molecule has 0 saturated heterocycles. The molecular formula is C13H7Br2NO2S. The zero-order valence-electron chi connectivity index (χ0n) is 9.52. The van der Waals surface area contributed by atoms with Crippen LogP contribution in [0.1, 0.15) is 25.6 Å². The minimum Gasteiger partial charge on any atom is -0.269 e. The molecule has 3 nitrogen and oxygen atoms in total. The van der Waals surface area contributed by atoms with Crippen LogP contribution in [0.5, 0.6) is 0 Å². The molecule has 0 bridgehead atoms. The molecule has 3 rings (SSSR count). The van der Waals surface area contributed by atoms with Crippen molar-refractivity contribution in [1.29, 1.82) is 0 Å². The number of rotatable bonds is 2. The van der Waals surface area contributed by atoms with Crippen molar-refractivity contribution in [2.45, 2.75) is 6.54 Å². The van der Waals surface area contributed by atoms with Gasteiger partial charge in [0.1, 0.15) is 0 Å². The summed E-state index contributed by atoms with van der Waals surface area (Å²) in [5, 5.41) is 1.93. The molecule has 1 aromatic carbocycles. The highest BCUT2D eigenvalue weighted by Crippen LogP contribution is 2.29. The first-order chi connectivity index (χ1) is 9.06. The molecule has 19 heavy (non-hydrogen) atoms. The maximum Gasteiger partial charge on any atom is 0.261 e. The van der Waals surface area contributed by atoms with E-state index in [2.05, 4.69) is 31.9 Å². The van der Waals surface area contributed by atoms with Crippen LogP contribution in [0.2, 0.25) is 0 Å². The minimum absolute atomic E-state index is 0.225. The van der Waals surface area contributed by atoms with Gasteiger partial charge in [-0.05, 0) is 40.2 Å². The lowest BCUT2D eigenvalue weighted by atomic mass is 10.1. The summed E-state index contributed by atoms with van der Waals surface area (Å²) in [6.07, 6.45) is 0. The lowest BCUT2D eigenvalue weighted by molar-refractivity contribution is 0.0644. The van der Waals surface area contributed by atoms with Crippen LogP contribution in [0.3, 0.4) is 0 Å². The molecule has 0 aliphatic carbocycles. The first-order valence-corrected chi connectivity index (χ1v) is 7.91. The molecule has 1 aromatic heterocycles. The van der Waals surface area contributed by atoms with Gasteiger partial charge in [0.05, 0.1) is 17.7 Å². The second kappa shape index (κ2) is 4.85. The van der Waals surface area contributed by atoms with Crippen molar-refractivity contribution in [3.05, 3.63) is 54.6 Å². The Morgan fingerprint density at radius 3 is 2.42 bits per heavy atom. The van der Waals surface area contributed by atoms with Crippen molar-refractivity contribution < 1.29 is 9.59 Å². The van der Waals surface area contributed by atoms with Crippen LogP contribution < -0.4 is 0 Å². The van der Waals surface area contributed by atoms with Crippen molar-refractivity contribution in [1.82, 2.24) is 4.90 Å². The standard InChI is InChI=1S/C13H7Br2NO2S/c14-7-1-2-10-11(4-7)13(18)16(12(10)17)5-9-3-8(15)6-19-9/h1-4,6H,5H2. The first-order valence-electron chi connectivity index (χ1n) is 5.45. The number of halogens is 2. The van der Waals surface area contributed by atoms with Gasteiger partial charge in [0, 0.05) is 19.2 Å². The van der Waals surface area contributed by atoms with E-state index in [0.717, 1.165) is 13.8 Å². The lowest BCUT2D eigenvalue weighted by Crippen LogP contribution is -2.28. The van der Waals surface area contributed by atoms with Gasteiger partial charge in [-0.25, -0.2) is 0 Å². The molecule has 1 aliphatic heterocycles. The van der Waals surface area contributed by atoms with E-state index in [1.165, 1.54) is 16.2 Å². The fourth-order valence-corrected chi connectivity index (χ4v) is 3.80. The molecular weight excluding hydrogens is 394 g/mol. The molecule has 0 saturated carbocycles. The summed E-state index contributed by atoms with van der Waals surface area (Å²) in [5.41, 5.74) is 0.943. The SMILES string of the molecule is O=C1c2ccc(Br)cc2C(=O)N1Cc1cc(Br)cs1. The predicted molar refractivity (Wildman–Crippen MR) is 80.4 cm³/mol. The number of nitrogens with zero attached hydrogens (tertiary/aromatic N) is 1. The van der Waals surface area contributed by atoms with Gasteiger partial charge in [-0.3, -0.25) is 14.5 Å². The molecule has 6 heteroatoms. The molecule has 0 radical (unpaired) electrons. The highest BCUT2D eigenvalue weighted by Gasteiger charge is 2.35. The maximum absolute atomic E-state index is 12.2. The summed E-state index contributed by atoms with van der Waals surface area (Å²) in [7, 11) is 0. The quantitative estimate of drug-likeness (QED) is 0.712. The molecule has 2 aromatic rings. The zero-order chi connectivity index (χ0) is 13.6. The Hall–Kier alpha value is -0.980. The summed E-state index contributed by atoms with van der Waals surface area (Å²) in [4.78, 5) is 26.7. The van der Waals surface area contributed by atoms with Crippen LogP contribution in [-0.2, 0) is 6.54 Å². The Morgan fingerprint density at radius 1 is 1.00 bits per heavy atom. The number of carbonyl (C=O) groups excluding carboxylic acids is 2. The Kier molecular flexibility index (Phi) is 3.32. The van der Waals surface area contributed by atoms with Crippen LogP contribution >= 0.6 is 43.2 Å². The van der Waals surface area contributed by atoms with Crippen LogP contribution in [0.25, 0.3) is 0 Å². The smallest absolute Gasteiger partial charge is 0.261 e. The first kappa shape index (κ1) is 13.0. The Balaban J connectivity index is 1.94. The number of fused-ring (bicyclic) bond motifs is 1. The largest absolute Gasteiger partial charge is 0.269 e. The van der Waals surface area contributed by atoms with Crippen LogP contribution in [0, 0.1) is 0 Å². The number of benzene rings is 1. The molecule has 1 aliphatic rings. The predicted octanol–water partition coefficient (Wildman–Crippen LogP) is 4.07. The number of hydrogen-bond acceptors (Lipinski definition) is 3.